The van der Waals surface area contributed by atoms with Gasteiger partial charge in [0.1, 0.15) is 5.75 Å². The summed E-state index contributed by atoms with van der Waals surface area (Å²) >= 11 is 1.85. The van der Waals surface area contributed by atoms with Gasteiger partial charge in [-0.2, -0.15) is 11.8 Å². The Morgan fingerprint density at radius 1 is 1.26 bits per heavy atom. The predicted molar refractivity (Wildman–Crippen MR) is 82.2 cm³/mol. The van der Waals surface area contributed by atoms with Gasteiger partial charge in [-0.1, -0.05) is 25.5 Å². The van der Waals surface area contributed by atoms with Crippen molar-refractivity contribution in [2.75, 3.05) is 18.9 Å². The van der Waals surface area contributed by atoms with Gasteiger partial charge >= 0.3 is 5.96 Å². The summed E-state index contributed by atoms with van der Waals surface area (Å²) in [6.07, 6.45) is 2.26. The summed E-state index contributed by atoms with van der Waals surface area (Å²) in [6.45, 7) is 3.76. The van der Waals surface area contributed by atoms with Gasteiger partial charge in [0.05, 0.1) is 13.2 Å². The highest BCUT2D eigenvalue weighted by molar-refractivity contribution is 7.98. The number of hydrogen-bond acceptors (Lipinski definition) is 2. The third-order valence-electron chi connectivity index (χ3n) is 2.53. The van der Waals surface area contributed by atoms with Crippen LogP contribution in [0.3, 0.4) is 0 Å². The maximum atomic E-state index is 5.62. The van der Waals surface area contributed by atoms with Gasteiger partial charge in [-0.15, -0.1) is 0 Å². The first-order valence-electron chi connectivity index (χ1n) is 6.63. The zero-order chi connectivity index (χ0) is 13.9. The Hall–Kier alpha value is -1.36. The first kappa shape index (κ1) is 15.7. The Kier molecular flexibility index (Phi) is 7.89. The quantitative estimate of drug-likeness (QED) is 0.349. The lowest BCUT2D eigenvalue weighted by Crippen LogP contribution is -2.78. The van der Waals surface area contributed by atoms with Crippen molar-refractivity contribution in [3.05, 3.63) is 29.8 Å². The summed E-state index contributed by atoms with van der Waals surface area (Å²) in [5.41, 5.74) is 11.9. The van der Waals surface area contributed by atoms with E-state index >= 15 is 0 Å². The fourth-order valence-corrected chi connectivity index (χ4v) is 2.29. The van der Waals surface area contributed by atoms with Gasteiger partial charge in [-0.05, 0) is 24.1 Å². The molecule has 0 saturated heterocycles. The third-order valence-corrected chi connectivity index (χ3v) is 3.56. The van der Waals surface area contributed by atoms with E-state index in [9.17, 15) is 0 Å². The highest BCUT2D eigenvalue weighted by atomic mass is 32.2. The summed E-state index contributed by atoms with van der Waals surface area (Å²) in [7, 11) is 0. The van der Waals surface area contributed by atoms with Crippen LogP contribution in [-0.2, 0) is 5.75 Å². The lowest BCUT2D eigenvalue weighted by Gasteiger charge is -2.06. The topological polar surface area (TPSA) is 75.2 Å². The van der Waals surface area contributed by atoms with Crippen molar-refractivity contribution in [3.63, 3.8) is 0 Å². The Morgan fingerprint density at radius 2 is 2.00 bits per heavy atom. The maximum Gasteiger partial charge on any atom is 0.338 e. The van der Waals surface area contributed by atoms with Gasteiger partial charge < -0.3 is 4.74 Å². The number of nitrogens with two attached hydrogens (primary N) is 2. The van der Waals surface area contributed by atoms with Crippen molar-refractivity contribution in [1.82, 2.24) is 0 Å². The van der Waals surface area contributed by atoms with Crippen LogP contribution in [0.25, 0.3) is 0 Å². The van der Waals surface area contributed by atoms with Crippen LogP contribution >= 0.6 is 11.8 Å². The number of rotatable bonds is 9. The molecule has 0 amide bonds. The van der Waals surface area contributed by atoms with E-state index in [0.29, 0.717) is 0 Å². The van der Waals surface area contributed by atoms with Crippen LogP contribution in [0.4, 0.5) is 0 Å². The molecule has 0 unspecified atom stereocenters. The van der Waals surface area contributed by atoms with Crippen molar-refractivity contribution in [1.29, 1.82) is 0 Å². The molecular weight excluding hydrogens is 258 g/mol. The largest absolute Gasteiger partial charge is 0.494 e. The van der Waals surface area contributed by atoms with Crippen LogP contribution in [0.5, 0.6) is 5.75 Å². The predicted octanol–water partition coefficient (Wildman–Crippen LogP) is 0.453. The molecule has 106 valence electrons. The zero-order valence-electron chi connectivity index (χ0n) is 11.5. The number of guanidine groups is 1. The van der Waals surface area contributed by atoms with Crippen LogP contribution < -0.4 is 21.2 Å². The first-order chi connectivity index (χ1) is 9.22. The van der Waals surface area contributed by atoms with Crippen molar-refractivity contribution in [3.8, 4) is 5.75 Å². The molecular formula is C14H24N3OS+. The molecule has 0 radical (unpaired) electrons. The second-order valence-corrected chi connectivity index (χ2v) is 5.39. The van der Waals surface area contributed by atoms with Crippen LogP contribution in [-0.4, -0.2) is 24.9 Å². The number of ether oxygens (including phenoxy) is 1. The normalized spacial score (nSPS) is 10.2. The molecule has 5 heteroatoms. The molecule has 0 saturated carbocycles. The SMILES string of the molecule is CCCCOc1ccc(CSCC[NH+]=C(N)N)cc1. The zero-order valence-corrected chi connectivity index (χ0v) is 12.3. The Bertz CT molecular complexity index is 375. The monoisotopic (exact) mass is 282 g/mol. The average molecular weight is 282 g/mol. The molecule has 5 N–H and O–H groups in total. The van der Waals surface area contributed by atoms with Gasteiger partial charge in [-0.3, -0.25) is 16.5 Å². The minimum absolute atomic E-state index is 0.286. The van der Waals surface area contributed by atoms with E-state index in [0.717, 1.165) is 43.2 Å². The van der Waals surface area contributed by atoms with Crippen molar-refractivity contribution < 1.29 is 9.73 Å². The fourth-order valence-electron chi connectivity index (χ4n) is 1.47. The first-order valence-corrected chi connectivity index (χ1v) is 7.79. The standard InChI is InChI=1S/C14H23N3OS/c1-2-3-9-18-13-6-4-12(5-7-13)11-19-10-8-17-14(15)16/h4-7H,2-3,8-11H2,1H3,(H4,15,16,17)/p+1. The summed E-state index contributed by atoms with van der Waals surface area (Å²) in [4.78, 5) is 2.90. The van der Waals surface area contributed by atoms with E-state index in [1.807, 2.05) is 23.9 Å². The molecule has 0 spiro atoms. The number of nitrogens with one attached hydrogen (secondary N) is 1. The number of benzene rings is 1. The van der Waals surface area contributed by atoms with E-state index in [1.54, 1.807) is 0 Å². The molecule has 0 aliphatic carbocycles. The summed E-state index contributed by atoms with van der Waals surface area (Å²) in [5.74, 6) is 3.21. The molecule has 1 aromatic rings. The molecule has 0 aromatic heterocycles. The number of thioether (sulfide) groups is 1. The molecule has 19 heavy (non-hydrogen) atoms. The number of unbranched alkanes of at least 4 members (excludes halogenated alkanes) is 1. The van der Waals surface area contributed by atoms with Crippen LogP contribution in [0.15, 0.2) is 24.3 Å². The van der Waals surface area contributed by atoms with Crippen LogP contribution in [0.1, 0.15) is 25.3 Å². The Balaban J connectivity index is 2.22. The van der Waals surface area contributed by atoms with Crippen LogP contribution in [0.2, 0.25) is 0 Å². The summed E-state index contributed by atoms with van der Waals surface area (Å²) in [6, 6.07) is 8.31. The van der Waals surface area contributed by atoms with E-state index < -0.39 is 0 Å². The van der Waals surface area contributed by atoms with Gasteiger partial charge in [0.2, 0.25) is 0 Å². The van der Waals surface area contributed by atoms with Crippen molar-refractivity contribution >= 4 is 17.7 Å². The molecule has 4 nitrogen and oxygen atoms in total. The molecule has 0 aliphatic rings. The number of hydrogen-bond donors (Lipinski definition) is 3. The highest BCUT2D eigenvalue weighted by Crippen LogP contribution is 2.16. The Morgan fingerprint density at radius 3 is 2.63 bits per heavy atom. The maximum absolute atomic E-state index is 5.62. The van der Waals surface area contributed by atoms with Gasteiger partial charge in [0.25, 0.3) is 0 Å². The molecule has 0 atom stereocenters. The van der Waals surface area contributed by atoms with Crippen molar-refractivity contribution in [2.24, 2.45) is 11.5 Å². The minimum atomic E-state index is 0.286. The summed E-state index contributed by atoms with van der Waals surface area (Å²) < 4.78 is 5.62. The Labute approximate surface area is 119 Å². The fraction of sp³-hybridized carbons (Fsp3) is 0.500. The molecule has 0 aliphatic heterocycles. The third kappa shape index (κ3) is 7.62. The molecule has 1 aromatic carbocycles. The van der Waals surface area contributed by atoms with Crippen molar-refractivity contribution in [2.45, 2.75) is 25.5 Å². The van der Waals surface area contributed by atoms with E-state index in [4.69, 9.17) is 16.2 Å². The lowest BCUT2D eigenvalue weighted by molar-refractivity contribution is -0.453. The molecule has 0 heterocycles. The average Bonchev–Trinajstić information content (AvgIpc) is 2.40. The van der Waals surface area contributed by atoms with Gasteiger partial charge in [0, 0.05) is 11.5 Å². The molecule has 0 fully saturated rings. The van der Waals surface area contributed by atoms with Gasteiger partial charge in [-0.25, -0.2) is 0 Å². The highest BCUT2D eigenvalue weighted by Gasteiger charge is 1.97. The second kappa shape index (κ2) is 9.55. The molecule has 0 bridgehead atoms. The van der Waals surface area contributed by atoms with E-state index in [1.165, 1.54) is 5.56 Å². The van der Waals surface area contributed by atoms with Gasteiger partial charge in [0.15, 0.2) is 0 Å². The smallest absolute Gasteiger partial charge is 0.338 e. The van der Waals surface area contributed by atoms with Crippen LogP contribution in [0, 0.1) is 0 Å². The molecule has 1 rings (SSSR count). The van der Waals surface area contributed by atoms with E-state index in [-0.39, 0.29) is 5.96 Å². The van der Waals surface area contributed by atoms with E-state index in [2.05, 4.69) is 24.0 Å². The summed E-state index contributed by atoms with van der Waals surface area (Å²) in [5, 5.41) is 0. The minimum Gasteiger partial charge on any atom is -0.494 e. The lowest BCUT2D eigenvalue weighted by atomic mass is 10.2. The second-order valence-electron chi connectivity index (χ2n) is 4.28.